The topological polar surface area (TPSA) is 78.3 Å². The van der Waals surface area contributed by atoms with Gasteiger partial charge in [-0.2, -0.15) is 4.98 Å². The van der Waals surface area contributed by atoms with E-state index in [4.69, 9.17) is 19.6 Å². The zero-order valence-electron chi connectivity index (χ0n) is 22.9. The van der Waals surface area contributed by atoms with E-state index in [2.05, 4.69) is 24.4 Å². The van der Waals surface area contributed by atoms with Crippen molar-refractivity contribution in [3.05, 3.63) is 113 Å². The minimum absolute atomic E-state index is 0.194. The van der Waals surface area contributed by atoms with Gasteiger partial charge in [0.05, 0.1) is 12.2 Å². The Balaban J connectivity index is 1.37. The molecule has 0 aliphatic carbocycles. The summed E-state index contributed by atoms with van der Waals surface area (Å²) in [6, 6.07) is 27.3. The van der Waals surface area contributed by atoms with Crippen molar-refractivity contribution in [2.24, 2.45) is 0 Å². The summed E-state index contributed by atoms with van der Waals surface area (Å²) in [4.78, 5) is 18.2. The maximum absolute atomic E-state index is 13.5. The van der Waals surface area contributed by atoms with Crippen molar-refractivity contribution >= 4 is 23.7 Å². The first-order valence-electron chi connectivity index (χ1n) is 13.7. The van der Waals surface area contributed by atoms with Crippen molar-refractivity contribution in [3.8, 4) is 5.75 Å². The van der Waals surface area contributed by atoms with E-state index in [0.717, 1.165) is 41.9 Å². The summed E-state index contributed by atoms with van der Waals surface area (Å²) in [5.41, 5.74) is 4.29. The fourth-order valence-electron chi connectivity index (χ4n) is 4.55. The number of allylic oxidation sites excluding steroid dienone is 1. The number of carbonyl (C=O) groups excluding carboxylic acids is 1. The molecule has 40 heavy (non-hydrogen) atoms. The van der Waals surface area contributed by atoms with Crippen LogP contribution in [-0.2, 0) is 22.6 Å². The molecule has 0 saturated heterocycles. The molecule has 0 bridgehead atoms. The number of carbonyl (C=O) groups is 1. The lowest BCUT2D eigenvalue weighted by atomic mass is 9.95. The number of nitrogens with zero attached hydrogens (tertiary/aromatic N) is 3. The van der Waals surface area contributed by atoms with Gasteiger partial charge in [-0.15, -0.1) is 5.10 Å². The van der Waals surface area contributed by atoms with Crippen molar-refractivity contribution in [2.45, 2.75) is 50.9 Å². The van der Waals surface area contributed by atoms with Gasteiger partial charge in [0.1, 0.15) is 18.4 Å². The van der Waals surface area contributed by atoms with E-state index < -0.39 is 6.04 Å². The molecule has 3 aromatic carbocycles. The van der Waals surface area contributed by atoms with E-state index >= 15 is 0 Å². The second-order valence-electron chi connectivity index (χ2n) is 9.65. The molecule has 206 valence electrons. The van der Waals surface area contributed by atoms with Gasteiger partial charge in [-0.3, -0.25) is 0 Å². The fraction of sp³-hybridized carbons (Fsp3) is 0.281. The largest absolute Gasteiger partial charge is 0.493 e. The lowest BCUT2D eigenvalue weighted by molar-refractivity contribution is -0.140. The molecule has 1 aliphatic heterocycles. The third-order valence-electron chi connectivity index (χ3n) is 6.69. The summed E-state index contributed by atoms with van der Waals surface area (Å²) in [6.07, 6.45) is 3.03. The maximum Gasteiger partial charge on any atom is 0.338 e. The summed E-state index contributed by atoms with van der Waals surface area (Å²) in [5.74, 6) is 1.95. The van der Waals surface area contributed by atoms with E-state index in [1.807, 2.05) is 79.7 Å². The Bertz CT molecular complexity index is 1440. The predicted molar refractivity (Wildman–Crippen MR) is 158 cm³/mol. The average molecular weight is 555 g/mol. The Morgan fingerprint density at radius 2 is 1.68 bits per heavy atom. The Kier molecular flexibility index (Phi) is 9.18. The van der Waals surface area contributed by atoms with Crippen LogP contribution in [0.15, 0.2) is 101 Å². The van der Waals surface area contributed by atoms with Crippen molar-refractivity contribution < 1.29 is 14.3 Å². The summed E-state index contributed by atoms with van der Waals surface area (Å²) in [6.45, 7) is 4.83. The first-order valence-corrected chi connectivity index (χ1v) is 14.7. The second-order valence-corrected chi connectivity index (χ2v) is 10.7. The number of thioether (sulfide) groups is 1. The van der Waals surface area contributed by atoms with Crippen molar-refractivity contribution in [1.29, 1.82) is 0 Å². The van der Waals surface area contributed by atoms with Crippen LogP contribution in [0.5, 0.6) is 5.75 Å². The number of ether oxygens (including phenoxy) is 2. The minimum Gasteiger partial charge on any atom is -0.493 e. The van der Waals surface area contributed by atoms with E-state index in [-0.39, 0.29) is 12.6 Å². The molecule has 1 aliphatic rings. The van der Waals surface area contributed by atoms with Crippen molar-refractivity contribution in [3.63, 3.8) is 0 Å². The van der Waals surface area contributed by atoms with Gasteiger partial charge >= 0.3 is 5.97 Å². The van der Waals surface area contributed by atoms with Gasteiger partial charge in [0, 0.05) is 17.9 Å². The van der Waals surface area contributed by atoms with Crippen LogP contribution in [-0.4, -0.2) is 33.1 Å². The molecular formula is C32H34N4O3S. The van der Waals surface area contributed by atoms with Crippen molar-refractivity contribution in [2.75, 3.05) is 17.7 Å². The quantitative estimate of drug-likeness (QED) is 0.117. The number of nitrogens with one attached hydrogen (secondary N) is 1. The van der Waals surface area contributed by atoms with E-state index in [0.29, 0.717) is 29.0 Å². The lowest BCUT2D eigenvalue weighted by Crippen LogP contribution is -2.29. The van der Waals surface area contributed by atoms with Gasteiger partial charge in [-0.25, -0.2) is 9.48 Å². The number of hydrogen-bond acceptors (Lipinski definition) is 7. The molecule has 1 N–H and O–H groups in total. The van der Waals surface area contributed by atoms with Gasteiger partial charge in [0.2, 0.25) is 11.1 Å². The molecule has 0 fully saturated rings. The highest BCUT2D eigenvalue weighted by Gasteiger charge is 2.35. The van der Waals surface area contributed by atoms with Gasteiger partial charge in [0.15, 0.2) is 0 Å². The number of hydrogen-bond donors (Lipinski definition) is 1. The first kappa shape index (κ1) is 27.5. The molecule has 1 atom stereocenters. The fourth-order valence-corrected chi connectivity index (χ4v) is 5.46. The first-order chi connectivity index (χ1) is 19.6. The maximum atomic E-state index is 13.5. The predicted octanol–water partition coefficient (Wildman–Crippen LogP) is 6.82. The van der Waals surface area contributed by atoms with E-state index in [1.54, 1.807) is 16.4 Å². The van der Waals surface area contributed by atoms with Crippen molar-refractivity contribution in [1.82, 2.24) is 14.8 Å². The second kappa shape index (κ2) is 13.3. The van der Waals surface area contributed by atoms with Crippen LogP contribution < -0.4 is 10.1 Å². The molecule has 5 rings (SSSR count). The molecule has 2 heterocycles. The minimum atomic E-state index is -0.481. The SMILES string of the molecule is CCCCSc1nc2n(n1)C(c1ccc(OCCc3ccccc3)cc1)C(C(=O)OCc1ccccc1)=C(C)N2. The molecule has 7 nitrogen and oxygen atoms in total. The highest BCUT2D eigenvalue weighted by atomic mass is 32.2. The molecular weight excluding hydrogens is 520 g/mol. The number of unbranched alkanes of at least 4 members (excludes halogenated alkanes) is 1. The molecule has 1 aromatic heterocycles. The number of esters is 1. The standard InChI is InChI=1S/C32H34N4O3S/c1-3-4-21-40-32-34-31-33-23(2)28(30(37)39-22-25-13-9-6-10-14-25)29(36(31)35-32)26-15-17-27(18-16-26)38-20-19-24-11-7-5-8-12-24/h5-18,29H,3-4,19-22H2,1-2H3,(H,33,34,35). The number of benzene rings is 3. The summed E-state index contributed by atoms with van der Waals surface area (Å²) >= 11 is 1.63. The molecule has 0 amide bonds. The van der Waals surface area contributed by atoms with E-state index in [1.165, 1.54) is 5.56 Å². The molecule has 0 radical (unpaired) electrons. The summed E-state index contributed by atoms with van der Waals surface area (Å²) < 4.78 is 13.6. The summed E-state index contributed by atoms with van der Waals surface area (Å²) in [5, 5.41) is 8.78. The van der Waals surface area contributed by atoms with Crippen LogP contribution >= 0.6 is 11.8 Å². The van der Waals surface area contributed by atoms with Crippen LogP contribution in [0.2, 0.25) is 0 Å². The Hall–Kier alpha value is -4.04. The monoisotopic (exact) mass is 554 g/mol. The van der Waals surface area contributed by atoms with Crippen LogP contribution in [0, 0.1) is 0 Å². The molecule has 0 saturated carbocycles. The Morgan fingerprint density at radius 1 is 0.975 bits per heavy atom. The number of anilines is 1. The molecule has 8 heteroatoms. The average Bonchev–Trinajstić information content (AvgIpc) is 3.39. The third-order valence-corrected chi connectivity index (χ3v) is 7.62. The number of rotatable bonds is 12. The van der Waals surface area contributed by atoms with E-state index in [9.17, 15) is 4.79 Å². The highest BCUT2D eigenvalue weighted by molar-refractivity contribution is 7.99. The summed E-state index contributed by atoms with van der Waals surface area (Å²) in [7, 11) is 0. The molecule has 0 spiro atoms. The number of fused-ring (bicyclic) bond motifs is 1. The van der Waals surface area contributed by atoms with Crippen LogP contribution in [0.3, 0.4) is 0 Å². The van der Waals surface area contributed by atoms with Gasteiger partial charge in [-0.1, -0.05) is 97.9 Å². The smallest absolute Gasteiger partial charge is 0.338 e. The zero-order valence-corrected chi connectivity index (χ0v) is 23.7. The highest BCUT2D eigenvalue weighted by Crippen LogP contribution is 2.37. The lowest BCUT2D eigenvalue weighted by Gasteiger charge is -2.28. The van der Waals surface area contributed by atoms with Gasteiger partial charge in [-0.05, 0) is 42.2 Å². The van der Waals surface area contributed by atoms with Crippen LogP contribution in [0.25, 0.3) is 0 Å². The van der Waals surface area contributed by atoms with Gasteiger partial charge < -0.3 is 14.8 Å². The normalized spacial score (nSPS) is 14.4. The number of aromatic nitrogens is 3. The Morgan fingerprint density at radius 3 is 2.38 bits per heavy atom. The molecule has 1 unspecified atom stereocenters. The third kappa shape index (κ3) is 6.74. The molecule has 4 aromatic rings. The van der Waals surface area contributed by atoms with Crippen LogP contribution in [0.4, 0.5) is 5.95 Å². The zero-order chi connectivity index (χ0) is 27.7. The van der Waals surface area contributed by atoms with Crippen LogP contribution in [0.1, 0.15) is 49.4 Å². The van der Waals surface area contributed by atoms with Gasteiger partial charge in [0.25, 0.3) is 0 Å². The Labute approximate surface area is 239 Å².